The Labute approximate surface area is 111 Å². The number of isocyanates is 2. The molecule has 0 saturated heterocycles. The number of nitrogens with zero attached hydrogens (tertiary/aromatic N) is 2. The first-order valence-corrected chi connectivity index (χ1v) is 6.67. The lowest BCUT2D eigenvalue weighted by Crippen LogP contribution is -2.38. The summed E-state index contributed by atoms with van der Waals surface area (Å²) in [4.78, 5) is 28.2. The molecule has 2 saturated carbocycles. The van der Waals surface area contributed by atoms with Crippen LogP contribution in [0.3, 0.4) is 0 Å². The summed E-state index contributed by atoms with van der Waals surface area (Å²) in [6.07, 6.45) is 7.20. The Morgan fingerprint density at radius 1 is 1.24 bits per heavy atom. The quantitative estimate of drug-likeness (QED) is 0.466. The van der Waals surface area contributed by atoms with Crippen molar-refractivity contribution in [2.24, 2.45) is 27.2 Å². The van der Waals surface area contributed by atoms with E-state index in [2.05, 4.69) is 35.2 Å². The van der Waals surface area contributed by atoms with Gasteiger partial charge < -0.3 is 0 Å². The van der Waals surface area contributed by atoms with Gasteiger partial charge in [0.1, 0.15) is 10.7 Å². The number of fused-ring (bicyclic) bond motifs is 2. The Morgan fingerprint density at radius 2 is 1.94 bits per heavy atom. The molecule has 2 bridgehead atoms. The van der Waals surface area contributed by atoms with E-state index in [9.17, 15) is 9.59 Å². The van der Waals surface area contributed by atoms with Gasteiger partial charge in [0.2, 0.25) is 12.2 Å². The van der Waals surface area contributed by atoms with Crippen molar-refractivity contribution in [3.05, 3.63) is 0 Å². The van der Waals surface area contributed by atoms with Gasteiger partial charge in [0.05, 0.1) is 0 Å². The average molecular weight is 270 g/mol. The Kier molecular flexibility index (Phi) is 3.79. The fourth-order valence-corrected chi connectivity index (χ4v) is 4.45. The van der Waals surface area contributed by atoms with Gasteiger partial charge in [0.25, 0.3) is 0 Å². The third-order valence-electron chi connectivity index (χ3n) is 4.25. The van der Waals surface area contributed by atoms with Gasteiger partial charge in [-0.1, -0.05) is 0 Å². The molecule has 0 aromatic rings. The van der Waals surface area contributed by atoms with E-state index in [-0.39, 0.29) is 22.1 Å². The zero-order valence-electron chi connectivity index (χ0n) is 9.24. The molecule has 0 N–H and O–H groups in total. The molecule has 0 radical (unpaired) electrons. The third-order valence-corrected chi connectivity index (χ3v) is 5.35. The minimum Gasteiger partial charge on any atom is -0.211 e. The molecule has 17 heavy (non-hydrogen) atoms. The first-order chi connectivity index (χ1) is 8.14. The Bertz CT molecular complexity index is 404. The maximum absolute atomic E-state index is 10.4. The highest BCUT2D eigenvalue weighted by molar-refractivity contribution is 7.81. The molecule has 2 aliphatic rings. The van der Waals surface area contributed by atoms with Crippen molar-refractivity contribution in [3.63, 3.8) is 0 Å². The number of hydrogen-bond donors (Lipinski definition) is 2. The monoisotopic (exact) mass is 270 g/mol. The summed E-state index contributed by atoms with van der Waals surface area (Å²) in [6, 6.07) is 0. The van der Waals surface area contributed by atoms with Crippen molar-refractivity contribution in [2.45, 2.75) is 36.4 Å². The summed E-state index contributed by atoms with van der Waals surface area (Å²) in [7, 11) is 0. The summed E-state index contributed by atoms with van der Waals surface area (Å²) in [6.45, 7) is 0. The van der Waals surface area contributed by atoms with E-state index < -0.39 is 0 Å². The first kappa shape index (κ1) is 12.9. The van der Waals surface area contributed by atoms with E-state index in [1.54, 1.807) is 12.2 Å². The molecule has 0 aromatic carbocycles. The molecule has 0 heterocycles. The molecule has 2 fully saturated rings. The SMILES string of the molecule is O=C=NC(S)C1CC2CCC1(C(S)N=C=O)C2. The van der Waals surface area contributed by atoms with Crippen LogP contribution in [0.25, 0.3) is 0 Å². The predicted octanol–water partition coefficient (Wildman–Crippen LogP) is 1.98. The molecule has 0 amide bonds. The minimum absolute atomic E-state index is 0.144. The molecule has 0 aliphatic heterocycles. The van der Waals surface area contributed by atoms with Gasteiger partial charge in [0.15, 0.2) is 0 Å². The molecule has 4 nitrogen and oxygen atoms in total. The van der Waals surface area contributed by atoms with Gasteiger partial charge in [-0.05, 0) is 31.6 Å². The molecule has 2 aliphatic carbocycles. The molecule has 92 valence electrons. The van der Waals surface area contributed by atoms with Crippen molar-refractivity contribution in [3.8, 4) is 0 Å². The lowest BCUT2D eigenvalue weighted by atomic mass is 9.74. The summed E-state index contributed by atoms with van der Waals surface area (Å²) < 4.78 is 0. The number of thiol groups is 2. The van der Waals surface area contributed by atoms with Gasteiger partial charge in [-0.15, -0.1) is 0 Å². The van der Waals surface area contributed by atoms with Crippen LogP contribution >= 0.6 is 25.3 Å². The molecule has 0 spiro atoms. The summed E-state index contributed by atoms with van der Waals surface area (Å²) in [5.74, 6) is 0.763. The Morgan fingerprint density at radius 3 is 2.53 bits per heavy atom. The fraction of sp³-hybridized carbons (Fsp3) is 0.818. The van der Waals surface area contributed by atoms with Crippen molar-refractivity contribution >= 4 is 37.4 Å². The molecule has 5 unspecified atom stereocenters. The van der Waals surface area contributed by atoms with Crippen LogP contribution in [0.1, 0.15) is 25.7 Å². The molecule has 5 atom stereocenters. The topological polar surface area (TPSA) is 58.9 Å². The van der Waals surface area contributed by atoms with Crippen LogP contribution in [-0.4, -0.2) is 22.9 Å². The second kappa shape index (κ2) is 4.99. The standard InChI is InChI=1S/C11H14N2O2S2/c14-5-12-9(16)8-3-7-1-2-11(8,4-7)10(17)13-6-15/h7-10,16-17H,1-4H2. The normalized spacial score (nSPS) is 38.0. The highest BCUT2D eigenvalue weighted by Gasteiger charge is 2.57. The van der Waals surface area contributed by atoms with Crippen LogP contribution in [0.2, 0.25) is 0 Å². The van der Waals surface area contributed by atoms with Gasteiger partial charge in [-0.3, -0.25) is 0 Å². The van der Waals surface area contributed by atoms with Crippen LogP contribution in [0.4, 0.5) is 0 Å². The van der Waals surface area contributed by atoms with Gasteiger partial charge in [-0.25, -0.2) is 9.59 Å². The first-order valence-electron chi connectivity index (χ1n) is 5.64. The summed E-state index contributed by atoms with van der Waals surface area (Å²) in [5, 5.41) is -0.733. The van der Waals surface area contributed by atoms with Gasteiger partial charge in [-0.2, -0.15) is 35.2 Å². The van der Waals surface area contributed by atoms with Crippen LogP contribution in [0.5, 0.6) is 0 Å². The maximum Gasteiger partial charge on any atom is 0.236 e. The molecular weight excluding hydrogens is 256 g/mol. The van der Waals surface area contributed by atoms with Gasteiger partial charge in [0, 0.05) is 11.3 Å². The fourth-order valence-electron chi connectivity index (χ4n) is 3.51. The van der Waals surface area contributed by atoms with E-state index in [0.717, 1.165) is 25.7 Å². The third kappa shape index (κ3) is 2.11. The van der Waals surface area contributed by atoms with Crippen LogP contribution < -0.4 is 0 Å². The summed E-state index contributed by atoms with van der Waals surface area (Å²) >= 11 is 8.77. The lowest BCUT2D eigenvalue weighted by molar-refractivity contribution is 0.179. The van der Waals surface area contributed by atoms with Crippen LogP contribution in [-0.2, 0) is 9.59 Å². The smallest absolute Gasteiger partial charge is 0.211 e. The maximum atomic E-state index is 10.4. The largest absolute Gasteiger partial charge is 0.236 e. The second-order valence-corrected chi connectivity index (χ2v) is 5.93. The number of rotatable bonds is 4. The van der Waals surface area contributed by atoms with Crippen LogP contribution in [0.15, 0.2) is 9.98 Å². The average Bonchev–Trinajstić information content (AvgIpc) is 2.88. The highest BCUT2D eigenvalue weighted by Crippen LogP contribution is 2.62. The summed E-state index contributed by atoms with van der Waals surface area (Å²) in [5.41, 5.74) is -0.155. The lowest BCUT2D eigenvalue weighted by Gasteiger charge is -2.38. The van der Waals surface area contributed by atoms with E-state index in [0.29, 0.717) is 5.92 Å². The van der Waals surface area contributed by atoms with Crippen molar-refractivity contribution in [2.75, 3.05) is 0 Å². The van der Waals surface area contributed by atoms with Gasteiger partial charge >= 0.3 is 0 Å². The van der Waals surface area contributed by atoms with Crippen molar-refractivity contribution < 1.29 is 9.59 Å². The molecule has 0 aromatic heterocycles. The van der Waals surface area contributed by atoms with E-state index >= 15 is 0 Å². The molecular formula is C11H14N2O2S2. The van der Waals surface area contributed by atoms with E-state index in [1.165, 1.54) is 0 Å². The van der Waals surface area contributed by atoms with Crippen LogP contribution in [0, 0.1) is 17.3 Å². The Hall–Kier alpha value is -0.540. The number of hydrogen-bond acceptors (Lipinski definition) is 6. The predicted molar refractivity (Wildman–Crippen MR) is 69.7 cm³/mol. The van der Waals surface area contributed by atoms with Crippen molar-refractivity contribution in [1.82, 2.24) is 0 Å². The molecule has 2 rings (SSSR count). The highest BCUT2D eigenvalue weighted by atomic mass is 32.1. The number of aliphatic imine (C=N–C) groups is 2. The second-order valence-electron chi connectivity index (χ2n) is 4.91. The minimum atomic E-state index is -0.367. The Balaban J connectivity index is 2.28. The molecule has 6 heteroatoms. The van der Waals surface area contributed by atoms with E-state index in [4.69, 9.17) is 0 Å². The zero-order valence-corrected chi connectivity index (χ0v) is 11.0. The number of carbonyl (C=O) groups excluding carboxylic acids is 2. The van der Waals surface area contributed by atoms with Crippen molar-refractivity contribution in [1.29, 1.82) is 0 Å². The van der Waals surface area contributed by atoms with E-state index in [1.807, 2.05) is 0 Å². The zero-order chi connectivity index (χ0) is 12.5.